The zero-order valence-electron chi connectivity index (χ0n) is 8.39. The van der Waals surface area contributed by atoms with Crippen molar-refractivity contribution in [2.75, 3.05) is 0 Å². The smallest absolute Gasteiger partial charge is 0.140 e. The number of aromatic nitrogens is 2. The van der Waals surface area contributed by atoms with E-state index in [1.165, 1.54) is 6.33 Å². The second-order valence-corrected chi connectivity index (χ2v) is 3.56. The van der Waals surface area contributed by atoms with Gasteiger partial charge in [-0.25, -0.2) is 9.97 Å². The minimum absolute atomic E-state index is 0.405. The molecular formula is C12H8ClN3. The molecule has 16 heavy (non-hydrogen) atoms. The number of fused-ring (bicyclic) bond motifs is 1. The largest absolute Gasteiger partial charge is 0.236 e. The fourth-order valence-corrected chi connectivity index (χ4v) is 1.60. The molecule has 2 aromatic rings. The van der Waals surface area contributed by atoms with Gasteiger partial charge in [-0.2, -0.15) is 5.26 Å². The molecule has 0 aliphatic carbocycles. The minimum atomic E-state index is 0.405. The predicted octanol–water partition coefficient (Wildman–Crippen LogP) is 3.21. The van der Waals surface area contributed by atoms with E-state index in [0.717, 1.165) is 16.5 Å². The number of hydrogen-bond donors (Lipinski definition) is 0. The summed E-state index contributed by atoms with van der Waals surface area (Å²) >= 11 is 5.92. The molecule has 0 aliphatic heterocycles. The van der Waals surface area contributed by atoms with Gasteiger partial charge in [-0.3, -0.25) is 0 Å². The van der Waals surface area contributed by atoms with Crippen LogP contribution in [0.5, 0.6) is 0 Å². The van der Waals surface area contributed by atoms with Crippen molar-refractivity contribution >= 4 is 28.6 Å². The number of halogens is 1. The normalized spacial score (nSPS) is 10.8. The number of nitriles is 1. The number of rotatable bonds is 2. The zero-order chi connectivity index (χ0) is 11.4. The Balaban J connectivity index is 2.42. The van der Waals surface area contributed by atoms with Gasteiger partial charge in [-0.1, -0.05) is 29.8 Å². The summed E-state index contributed by atoms with van der Waals surface area (Å²) in [5.41, 5.74) is 1.80. The van der Waals surface area contributed by atoms with Crippen LogP contribution in [0.4, 0.5) is 0 Å². The van der Waals surface area contributed by atoms with Crippen molar-refractivity contribution in [2.45, 2.75) is 6.42 Å². The van der Waals surface area contributed by atoms with Crippen molar-refractivity contribution in [2.24, 2.45) is 0 Å². The highest BCUT2D eigenvalue weighted by Crippen LogP contribution is 2.20. The summed E-state index contributed by atoms with van der Waals surface area (Å²) in [6, 6.07) is 7.76. The first-order chi connectivity index (χ1) is 7.81. The van der Waals surface area contributed by atoms with Crippen molar-refractivity contribution in [3.8, 4) is 6.07 Å². The molecule has 0 N–H and O–H groups in total. The summed E-state index contributed by atoms with van der Waals surface area (Å²) in [4.78, 5) is 8.04. The predicted molar refractivity (Wildman–Crippen MR) is 63.8 cm³/mol. The number of hydrogen-bond acceptors (Lipinski definition) is 3. The second kappa shape index (κ2) is 4.73. The molecule has 3 nitrogen and oxygen atoms in total. The van der Waals surface area contributed by atoms with Gasteiger partial charge in [0, 0.05) is 5.39 Å². The SMILES string of the molecule is N#CCC=Cc1ccc2c(Cl)ncnc2c1. The van der Waals surface area contributed by atoms with Gasteiger partial charge in [-0.05, 0) is 17.7 Å². The van der Waals surface area contributed by atoms with E-state index in [1.807, 2.05) is 30.4 Å². The van der Waals surface area contributed by atoms with Crippen molar-refractivity contribution in [3.05, 3.63) is 41.3 Å². The van der Waals surface area contributed by atoms with Crippen LogP contribution in [0.1, 0.15) is 12.0 Å². The van der Waals surface area contributed by atoms with E-state index in [0.29, 0.717) is 11.6 Å². The van der Waals surface area contributed by atoms with Crippen LogP contribution in [0, 0.1) is 11.3 Å². The third kappa shape index (κ3) is 2.18. The third-order valence-corrected chi connectivity index (χ3v) is 2.43. The van der Waals surface area contributed by atoms with Gasteiger partial charge in [0.1, 0.15) is 11.5 Å². The first-order valence-electron chi connectivity index (χ1n) is 4.75. The molecule has 0 atom stereocenters. The van der Waals surface area contributed by atoms with Crippen LogP contribution in [0.15, 0.2) is 30.6 Å². The standard InChI is InChI=1S/C12H8ClN3/c13-12-10-5-4-9(3-1-2-6-14)7-11(10)15-8-16-12/h1,3-5,7-8H,2H2. The van der Waals surface area contributed by atoms with Gasteiger partial charge in [0.25, 0.3) is 0 Å². The molecule has 1 aromatic carbocycles. The van der Waals surface area contributed by atoms with Crippen LogP contribution >= 0.6 is 11.6 Å². The van der Waals surface area contributed by atoms with Gasteiger partial charge < -0.3 is 0 Å². The Kier molecular flexibility index (Phi) is 3.13. The quantitative estimate of drug-likeness (QED) is 0.743. The fraction of sp³-hybridized carbons (Fsp3) is 0.0833. The highest BCUT2D eigenvalue weighted by atomic mass is 35.5. The average molecular weight is 230 g/mol. The molecule has 4 heteroatoms. The van der Waals surface area contributed by atoms with Crippen molar-refractivity contribution < 1.29 is 0 Å². The van der Waals surface area contributed by atoms with Gasteiger partial charge in [0.15, 0.2) is 0 Å². The molecule has 0 spiro atoms. The summed E-state index contributed by atoms with van der Waals surface area (Å²) in [6.07, 6.45) is 5.54. The summed E-state index contributed by atoms with van der Waals surface area (Å²) in [6.45, 7) is 0. The lowest BCUT2D eigenvalue weighted by molar-refractivity contribution is 1.22. The number of benzene rings is 1. The lowest BCUT2D eigenvalue weighted by atomic mass is 10.1. The van der Waals surface area contributed by atoms with E-state index in [9.17, 15) is 0 Å². The molecule has 0 fully saturated rings. The fourth-order valence-electron chi connectivity index (χ4n) is 1.39. The lowest BCUT2D eigenvalue weighted by Crippen LogP contribution is -1.84. The highest BCUT2D eigenvalue weighted by molar-refractivity contribution is 6.34. The molecule has 0 radical (unpaired) electrons. The first kappa shape index (κ1) is 10.6. The Hall–Kier alpha value is -1.92. The summed E-state index contributed by atoms with van der Waals surface area (Å²) in [5, 5.41) is 9.70. The van der Waals surface area contributed by atoms with E-state index in [1.54, 1.807) is 0 Å². The number of allylic oxidation sites excluding steroid dienone is 1. The molecular weight excluding hydrogens is 222 g/mol. The van der Waals surface area contributed by atoms with Gasteiger partial charge in [0.05, 0.1) is 18.0 Å². The Morgan fingerprint density at radius 2 is 2.25 bits per heavy atom. The molecule has 2 rings (SSSR count). The molecule has 78 valence electrons. The molecule has 1 heterocycles. The van der Waals surface area contributed by atoms with E-state index in [4.69, 9.17) is 16.9 Å². The van der Waals surface area contributed by atoms with E-state index in [-0.39, 0.29) is 0 Å². The van der Waals surface area contributed by atoms with E-state index in [2.05, 4.69) is 16.0 Å². The van der Waals surface area contributed by atoms with Crippen molar-refractivity contribution in [1.29, 1.82) is 5.26 Å². The number of nitrogens with zero attached hydrogens (tertiary/aromatic N) is 3. The highest BCUT2D eigenvalue weighted by Gasteiger charge is 2.00. The van der Waals surface area contributed by atoms with E-state index >= 15 is 0 Å². The van der Waals surface area contributed by atoms with Crippen molar-refractivity contribution in [1.82, 2.24) is 9.97 Å². The monoisotopic (exact) mass is 229 g/mol. The lowest BCUT2D eigenvalue weighted by Gasteiger charge is -1.99. The van der Waals surface area contributed by atoms with Crippen LogP contribution in [-0.4, -0.2) is 9.97 Å². The molecule has 0 unspecified atom stereocenters. The third-order valence-electron chi connectivity index (χ3n) is 2.13. The van der Waals surface area contributed by atoms with E-state index < -0.39 is 0 Å². The molecule has 0 amide bonds. The second-order valence-electron chi connectivity index (χ2n) is 3.21. The van der Waals surface area contributed by atoms with Crippen LogP contribution in [0.25, 0.3) is 17.0 Å². The molecule has 0 saturated carbocycles. The summed E-state index contributed by atoms with van der Waals surface area (Å²) in [5.74, 6) is 0. The molecule has 0 saturated heterocycles. The van der Waals surface area contributed by atoms with Gasteiger partial charge >= 0.3 is 0 Å². The van der Waals surface area contributed by atoms with Gasteiger partial charge in [-0.15, -0.1) is 0 Å². The summed E-state index contributed by atoms with van der Waals surface area (Å²) < 4.78 is 0. The molecule has 0 bridgehead atoms. The van der Waals surface area contributed by atoms with Crippen LogP contribution in [0.2, 0.25) is 5.15 Å². The topological polar surface area (TPSA) is 49.6 Å². The maximum absolute atomic E-state index is 8.41. The minimum Gasteiger partial charge on any atom is -0.236 e. The first-order valence-corrected chi connectivity index (χ1v) is 5.13. The Morgan fingerprint density at radius 3 is 3.06 bits per heavy atom. The zero-order valence-corrected chi connectivity index (χ0v) is 9.15. The average Bonchev–Trinajstić information content (AvgIpc) is 2.30. The molecule has 1 aromatic heterocycles. The Morgan fingerprint density at radius 1 is 1.38 bits per heavy atom. The van der Waals surface area contributed by atoms with Crippen LogP contribution < -0.4 is 0 Å². The van der Waals surface area contributed by atoms with Crippen LogP contribution in [0.3, 0.4) is 0 Å². The maximum atomic E-state index is 8.41. The van der Waals surface area contributed by atoms with Gasteiger partial charge in [0.2, 0.25) is 0 Å². The Bertz CT molecular complexity index is 584. The van der Waals surface area contributed by atoms with Crippen molar-refractivity contribution in [3.63, 3.8) is 0 Å². The maximum Gasteiger partial charge on any atom is 0.140 e. The molecule has 0 aliphatic rings. The summed E-state index contributed by atoms with van der Waals surface area (Å²) in [7, 11) is 0. The Labute approximate surface area is 98.0 Å². The van der Waals surface area contributed by atoms with Crippen LogP contribution in [-0.2, 0) is 0 Å².